The molecule has 0 unspecified atom stereocenters. The number of nitriles is 1. The van der Waals surface area contributed by atoms with Crippen LogP contribution in [0.25, 0.3) is 0 Å². The summed E-state index contributed by atoms with van der Waals surface area (Å²) in [6.45, 7) is 3.73. The number of hydrogen-bond acceptors (Lipinski definition) is 2. The van der Waals surface area contributed by atoms with Gasteiger partial charge in [0.05, 0.1) is 0 Å². The maximum absolute atomic E-state index is 8.39. The normalized spacial score (nSPS) is 10.4. The zero-order valence-electron chi connectivity index (χ0n) is 7.24. The molecule has 0 aliphatic carbocycles. The van der Waals surface area contributed by atoms with Gasteiger partial charge in [0, 0.05) is 0 Å². The van der Waals surface area contributed by atoms with E-state index in [2.05, 4.69) is 0 Å². The fourth-order valence-electron chi connectivity index (χ4n) is 1.01. The molecule has 0 saturated carbocycles. The van der Waals surface area contributed by atoms with Crippen molar-refractivity contribution in [2.75, 3.05) is 0 Å². The van der Waals surface area contributed by atoms with Gasteiger partial charge in [-0.2, -0.15) is 5.26 Å². The van der Waals surface area contributed by atoms with E-state index in [-0.39, 0.29) is 0 Å². The molecule has 1 aromatic carbocycles. The molecule has 0 saturated heterocycles. The summed E-state index contributed by atoms with van der Waals surface area (Å²) in [6.07, 6.45) is 1.71. The Morgan fingerprint density at radius 3 is 2.33 bits per heavy atom. The van der Waals surface area contributed by atoms with Crippen molar-refractivity contribution in [3.05, 3.63) is 35.9 Å². The van der Waals surface area contributed by atoms with Crippen LogP contribution in [-0.4, -0.2) is 0 Å². The van der Waals surface area contributed by atoms with Crippen molar-refractivity contribution in [1.82, 2.24) is 0 Å². The average molecular weight is 161 g/mol. The van der Waals surface area contributed by atoms with Gasteiger partial charge in [0.15, 0.2) is 0 Å². The van der Waals surface area contributed by atoms with Gasteiger partial charge in [0.1, 0.15) is 5.60 Å². The highest BCUT2D eigenvalue weighted by atomic mass is 16.5. The van der Waals surface area contributed by atoms with Gasteiger partial charge in [-0.15, -0.1) is 0 Å². The molecule has 0 aromatic heterocycles. The van der Waals surface area contributed by atoms with Crippen LogP contribution in [-0.2, 0) is 10.3 Å². The molecule has 2 heteroatoms. The Bertz CT molecular complexity index is 284. The number of benzene rings is 1. The highest BCUT2D eigenvalue weighted by Crippen LogP contribution is 2.23. The molecule has 0 bridgehead atoms. The van der Waals surface area contributed by atoms with Gasteiger partial charge in [0.2, 0.25) is 0 Å². The summed E-state index contributed by atoms with van der Waals surface area (Å²) >= 11 is 0. The second-order valence-electron chi connectivity index (χ2n) is 3.07. The van der Waals surface area contributed by atoms with Crippen molar-refractivity contribution in [3.8, 4) is 6.26 Å². The maximum atomic E-state index is 8.39. The summed E-state index contributed by atoms with van der Waals surface area (Å²) < 4.78 is 4.92. The van der Waals surface area contributed by atoms with E-state index in [1.54, 1.807) is 6.26 Å². The van der Waals surface area contributed by atoms with Crippen LogP contribution < -0.4 is 0 Å². The van der Waals surface area contributed by atoms with E-state index in [0.717, 1.165) is 5.56 Å². The third-order valence-electron chi connectivity index (χ3n) is 1.77. The molecule has 0 aliphatic rings. The minimum atomic E-state index is -0.518. The molecule has 0 fully saturated rings. The fraction of sp³-hybridized carbons (Fsp3) is 0.300. The van der Waals surface area contributed by atoms with Crippen LogP contribution >= 0.6 is 0 Å². The molecule has 0 atom stereocenters. The van der Waals surface area contributed by atoms with Crippen LogP contribution in [0, 0.1) is 11.5 Å². The van der Waals surface area contributed by atoms with Crippen molar-refractivity contribution in [1.29, 1.82) is 5.26 Å². The molecule has 0 radical (unpaired) electrons. The lowest BCUT2D eigenvalue weighted by molar-refractivity contribution is 0.0702. The molecule has 0 amide bonds. The molecule has 0 aliphatic heterocycles. The number of hydrogen-bond donors (Lipinski definition) is 0. The molecular weight excluding hydrogens is 150 g/mol. The predicted octanol–water partition coefficient (Wildman–Crippen LogP) is 2.42. The minimum Gasteiger partial charge on any atom is -0.417 e. The van der Waals surface area contributed by atoms with E-state index in [4.69, 9.17) is 10.00 Å². The Labute approximate surface area is 72.4 Å². The molecule has 12 heavy (non-hydrogen) atoms. The number of ether oxygens (including phenoxy) is 1. The lowest BCUT2D eigenvalue weighted by atomic mass is 9.98. The van der Waals surface area contributed by atoms with Crippen LogP contribution in [0.3, 0.4) is 0 Å². The number of rotatable bonds is 2. The summed E-state index contributed by atoms with van der Waals surface area (Å²) in [6, 6.07) is 9.68. The molecule has 62 valence electrons. The summed E-state index contributed by atoms with van der Waals surface area (Å²) in [7, 11) is 0. The summed E-state index contributed by atoms with van der Waals surface area (Å²) in [4.78, 5) is 0. The van der Waals surface area contributed by atoms with E-state index in [0.29, 0.717) is 0 Å². The summed E-state index contributed by atoms with van der Waals surface area (Å²) in [5.74, 6) is 0. The van der Waals surface area contributed by atoms with Crippen LogP contribution in [0.15, 0.2) is 30.3 Å². The summed E-state index contributed by atoms with van der Waals surface area (Å²) in [5, 5.41) is 8.39. The first-order chi connectivity index (χ1) is 5.67. The molecule has 1 rings (SSSR count). The van der Waals surface area contributed by atoms with Crippen LogP contribution in [0.5, 0.6) is 0 Å². The Hall–Kier alpha value is -1.49. The van der Waals surface area contributed by atoms with Gasteiger partial charge in [-0.1, -0.05) is 30.3 Å². The number of nitrogens with zero attached hydrogens (tertiary/aromatic N) is 1. The van der Waals surface area contributed by atoms with Crippen molar-refractivity contribution >= 4 is 0 Å². The van der Waals surface area contributed by atoms with Crippen molar-refractivity contribution in [2.24, 2.45) is 0 Å². The quantitative estimate of drug-likeness (QED) is 0.624. The SMILES string of the molecule is CC(C)(OC#N)c1ccccc1. The van der Waals surface area contributed by atoms with Gasteiger partial charge in [-0.05, 0) is 19.4 Å². The minimum absolute atomic E-state index is 0.518. The third-order valence-corrected chi connectivity index (χ3v) is 1.77. The van der Waals surface area contributed by atoms with Crippen LogP contribution in [0.2, 0.25) is 0 Å². The van der Waals surface area contributed by atoms with Gasteiger partial charge >= 0.3 is 0 Å². The Kier molecular flexibility index (Phi) is 2.35. The highest BCUT2D eigenvalue weighted by Gasteiger charge is 2.21. The maximum Gasteiger partial charge on any atom is 0.287 e. The van der Waals surface area contributed by atoms with Gasteiger partial charge < -0.3 is 4.74 Å². The first-order valence-electron chi connectivity index (χ1n) is 3.79. The first kappa shape index (κ1) is 8.61. The zero-order chi connectivity index (χ0) is 9.03. The summed E-state index contributed by atoms with van der Waals surface area (Å²) in [5.41, 5.74) is 0.488. The molecule has 0 heterocycles. The van der Waals surface area contributed by atoms with E-state index >= 15 is 0 Å². The Balaban J connectivity index is 2.91. The lowest BCUT2D eigenvalue weighted by Crippen LogP contribution is -2.18. The molecule has 0 N–H and O–H groups in total. The van der Waals surface area contributed by atoms with Gasteiger partial charge in [-0.25, -0.2) is 0 Å². The first-order valence-corrected chi connectivity index (χ1v) is 3.79. The fourth-order valence-corrected chi connectivity index (χ4v) is 1.01. The second-order valence-corrected chi connectivity index (χ2v) is 3.07. The monoisotopic (exact) mass is 161 g/mol. The third kappa shape index (κ3) is 1.76. The van der Waals surface area contributed by atoms with Crippen LogP contribution in [0.4, 0.5) is 0 Å². The van der Waals surface area contributed by atoms with Gasteiger partial charge in [-0.3, -0.25) is 0 Å². The molecular formula is C10H11NO. The largest absolute Gasteiger partial charge is 0.417 e. The molecule has 0 spiro atoms. The van der Waals surface area contributed by atoms with E-state index in [1.807, 2.05) is 44.2 Å². The van der Waals surface area contributed by atoms with Gasteiger partial charge in [0.25, 0.3) is 6.26 Å². The molecule has 2 nitrogen and oxygen atoms in total. The predicted molar refractivity (Wildman–Crippen MR) is 46.2 cm³/mol. The van der Waals surface area contributed by atoms with Crippen molar-refractivity contribution in [2.45, 2.75) is 19.4 Å². The lowest BCUT2D eigenvalue weighted by Gasteiger charge is -2.21. The van der Waals surface area contributed by atoms with E-state index in [1.165, 1.54) is 0 Å². The second kappa shape index (κ2) is 3.27. The highest BCUT2D eigenvalue weighted by molar-refractivity contribution is 5.21. The van der Waals surface area contributed by atoms with Crippen molar-refractivity contribution < 1.29 is 4.74 Å². The Morgan fingerprint density at radius 2 is 1.83 bits per heavy atom. The molecule has 1 aromatic rings. The smallest absolute Gasteiger partial charge is 0.287 e. The standard InChI is InChI=1S/C10H11NO/c1-10(2,12-8-11)9-6-4-3-5-7-9/h3-7H,1-2H3. The zero-order valence-corrected chi connectivity index (χ0v) is 7.24. The Morgan fingerprint density at radius 1 is 1.25 bits per heavy atom. The van der Waals surface area contributed by atoms with Crippen LogP contribution in [0.1, 0.15) is 19.4 Å². The van der Waals surface area contributed by atoms with E-state index in [9.17, 15) is 0 Å². The average Bonchev–Trinajstić information content (AvgIpc) is 2.06. The van der Waals surface area contributed by atoms with E-state index < -0.39 is 5.60 Å². The van der Waals surface area contributed by atoms with Crippen molar-refractivity contribution in [3.63, 3.8) is 0 Å². The topological polar surface area (TPSA) is 33.0 Å².